The Morgan fingerprint density at radius 2 is 1.00 bits per heavy atom. The van der Waals surface area contributed by atoms with E-state index in [-0.39, 0.29) is 0 Å². The van der Waals surface area contributed by atoms with Crippen molar-refractivity contribution in [3.8, 4) is 0 Å². The van der Waals surface area contributed by atoms with Crippen LogP contribution in [0.25, 0.3) is 0 Å². The first-order chi connectivity index (χ1) is 12.9. The zero-order chi connectivity index (χ0) is 18.3. The lowest BCUT2D eigenvalue weighted by Gasteiger charge is -2.17. The summed E-state index contributed by atoms with van der Waals surface area (Å²) in [6.07, 6.45) is 14.1. The molecule has 0 bridgehead atoms. The third-order valence-electron chi connectivity index (χ3n) is 4.99. The van der Waals surface area contributed by atoms with Gasteiger partial charge < -0.3 is 0 Å². The molecule has 0 aliphatic rings. The van der Waals surface area contributed by atoms with Gasteiger partial charge in [0.05, 0.1) is 5.25 Å². The molecular weight excluding hydrogens is 332 g/mol. The van der Waals surface area contributed by atoms with Gasteiger partial charge in [-0.2, -0.15) is 0 Å². The standard InChI is InChI=1S/C25H36S/c1-2-3-4-5-6-7-8-9-10-17-22-26-25(23-18-13-11-14-19-23)24-20-15-12-16-21-24/h11-16,18-21,25H,2-10,17,22H2,1H3. The highest BCUT2D eigenvalue weighted by molar-refractivity contribution is 7.99. The fourth-order valence-electron chi connectivity index (χ4n) is 3.43. The largest absolute Gasteiger partial charge is 0.149 e. The predicted molar refractivity (Wildman–Crippen MR) is 119 cm³/mol. The van der Waals surface area contributed by atoms with Gasteiger partial charge in [-0.15, -0.1) is 11.8 Å². The number of rotatable bonds is 14. The van der Waals surface area contributed by atoms with E-state index in [1.165, 1.54) is 81.1 Å². The van der Waals surface area contributed by atoms with E-state index in [1.54, 1.807) is 0 Å². The van der Waals surface area contributed by atoms with E-state index in [9.17, 15) is 0 Å². The van der Waals surface area contributed by atoms with E-state index < -0.39 is 0 Å². The van der Waals surface area contributed by atoms with Crippen molar-refractivity contribution in [2.75, 3.05) is 5.75 Å². The van der Waals surface area contributed by atoms with Crippen molar-refractivity contribution in [3.05, 3.63) is 71.8 Å². The number of unbranched alkanes of at least 4 members (excludes halogenated alkanes) is 9. The number of hydrogen-bond donors (Lipinski definition) is 0. The van der Waals surface area contributed by atoms with Gasteiger partial charge in [-0.1, -0.05) is 125 Å². The molecule has 1 heteroatoms. The second kappa shape index (κ2) is 13.9. The molecule has 0 atom stereocenters. The van der Waals surface area contributed by atoms with Gasteiger partial charge in [0, 0.05) is 0 Å². The SMILES string of the molecule is CCCCCCCCCCCCSC(c1ccccc1)c1ccccc1. The topological polar surface area (TPSA) is 0 Å². The normalized spacial score (nSPS) is 11.2. The van der Waals surface area contributed by atoms with Gasteiger partial charge in [-0.25, -0.2) is 0 Å². The average Bonchev–Trinajstić information content (AvgIpc) is 2.70. The van der Waals surface area contributed by atoms with Crippen LogP contribution in [0.3, 0.4) is 0 Å². The third-order valence-corrected chi connectivity index (χ3v) is 6.39. The summed E-state index contributed by atoms with van der Waals surface area (Å²) >= 11 is 2.11. The number of hydrogen-bond acceptors (Lipinski definition) is 1. The lowest BCUT2D eigenvalue weighted by molar-refractivity contribution is 0.563. The molecule has 0 aliphatic heterocycles. The molecule has 0 amide bonds. The van der Waals surface area contributed by atoms with Crippen LogP contribution in [0.4, 0.5) is 0 Å². The van der Waals surface area contributed by atoms with Gasteiger partial charge in [0.15, 0.2) is 0 Å². The molecule has 26 heavy (non-hydrogen) atoms. The van der Waals surface area contributed by atoms with Gasteiger partial charge in [0.25, 0.3) is 0 Å². The highest BCUT2D eigenvalue weighted by atomic mass is 32.2. The van der Waals surface area contributed by atoms with E-state index in [1.807, 2.05) is 0 Å². The molecule has 2 aromatic rings. The lowest BCUT2D eigenvalue weighted by Crippen LogP contribution is -1.98. The quantitative estimate of drug-likeness (QED) is 0.301. The third kappa shape index (κ3) is 8.45. The van der Waals surface area contributed by atoms with Crippen molar-refractivity contribution in [3.63, 3.8) is 0 Å². The van der Waals surface area contributed by atoms with Crippen molar-refractivity contribution in [1.29, 1.82) is 0 Å². The summed E-state index contributed by atoms with van der Waals surface area (Å²) in [4.78, 5) is 0. The van der Waals surface area contributed by atoms with Gasteiger partial charge >= 0.3 is 0 Å². The summed E-state index contributed by atoms with van der Waals surface area (Å²) in [5, 5.41) is 0.468. The number of thioether (sulfide) groups is 1. The van der Waals surface area contributed by atoms with Crippen LogP contribution in [0, 0.1) is 0 Å². The first kappa shape index (κ1) is 21.1. The van der Waals surface area contributed by atoms with Gasteiger partial charge in [0.1, 0.15) is 0 Å². The lowest BCUT2D eigenvalue weighted by atomic mass is 10.0. The first-order valence-electron chi connectivity index (χ1n) is 10.6. The molecule has 0 unspecified atom stereocenters. The maximum Gasteiger partial charge on any atom is 0.0546 e. The summed E-state index contributed by atoms with van der Waals surface area (Å²) in [5.74, 6) is 1.25. The van der Waals surface area contributed by atoms with E-state index >= 15 is 0 Å². The second-order valence-corrected chi connectivity index (χ2v) is 8.47. The molecule has 0 nitrogen and oxygen atoms in total. The Kier molecular flexibility index (Phi) is 11.3. The van der Waals surface area contributed by atoms with Crippen LogP contribution in [0.1, 0.15) is 87.5 Å². The molecular formula is C25H36S. The fourth-order valence-corrected chi connectivity index (χ4v) is 4.74. The fraction of sp³-hybridized carbons (Fsp3) is 0.520. The molecule has 0 aromatic heterocycles. The Morgan fingerprint density at radius 3 is 1.46 bits per heavy atom. The number of benzene rings is 2. The molecule has 0 saturated carbocycles. The second-order valence-electron chi connectivity index (χ2n) is 7.25. The van der Waals surface area contributed by atoms with E-state index in [4.69, 9.17) is 0 Å². The molecule has 0 N–H and O–H groups in total. The van der Waals surface area contributed by atoms with Gasteiger partial charge in [0.2, 0.25) is 0 Å². The Bertz CT molecular complexity index is 509. The van der Waals surface area contributed by atoms with Gasteiger partial charge in [-0.05, 0) is 23.3 Å². The minimum atomic E-state index is 0.468. The molecule has 2 rings (SSSR count). The van der Waals surface area contributed by atoms with Crippen molar-refractivity contribution >= 4 is 11.8 Å². The average molecular weight is 369 g/mol. The molecule has 0 heterocycles. The van der Waals surface area contributed by atoms with E-state index in [2.05, 4.69) is 79.3 Å². The van der Waals surface area contributed by atoms with Crippen LogP contribution in [-0.2, 0) is 0 Å². The van der Waals surface area contributed by atoms with Crippen LogP contribution < -0.4 is 0 Å². The summed E-state index contributed by atoms with van der Waals surface area (Å²) < 4.78 is 0. The van der Waals surface area contributed by atoms with E-state index in [0.29, 0.717) is 5.25 Å². The molecule has 0 saturated heterocycles. The summed E-state index contributed by atoms with van der Waals surface area (Å²) in [5.41, 5.74) is 2.85. The molecule has 0 spiro atoms. The Balaban J connectivity index is 1.64. The predicted octanol–water partition coefficient (Wildman–Crippen LogP) is 8.43. The first-order valence-corrected chi connectivity index (χ1v) is 11.7. The van der Waals surface area contributed by atoms with Crippen molar-refractivity contribution in [2.45, 2.75) is 76.4 Å². The van der Waals surface area contributed by atoms with Crippen LogP contribution in [0.2, 0.25) is 0 Å². The molecule has 0 radical (unpaired) electrons. The highest BCUT2D eigenvalue weighted by Crippen LogP contribution is 2.36. The maximum atomic E-state index is 2.29. The monoisotopic (exact) mass is 368 g/mol. The Labute approximate surface area is 165 Å². The van der Waals surface area contributed by atoms with Crippen LogP contribution in [0.15, 0.2) is 60.7 Å². The van der Waals surface area contributed by atoms with Crippen molar-refractivity contribution < 1.29 is 0 Å². The molecule has 2 aromatic carbocycles. The van der Waals surface area contributed by atoms with Crippen molar-refractivity contribution in [1.82, 2.24) is 0 Å². The van der Waals surface area contributed by atoms with Crippen LogP contribution in [0.5, 0.6) is 0 Å². The summed E-state index contributed by atoms with van der Waals surface area (Å²) in [7, 11) is 0. The van der Waals surface area contributed by atoms with E-state index in [0.717, 1.165) is 0 Å². The van der Waals surface area contributed by atoms with Crippen LogP contribution >= 0.6 is 11.8 Å². The maximum absolute atomic E-state index is 2.29. The van der Waals surface area contributed by atoms with Gasteiger partial charge in [-0.3, -0.25) is 0 Å². The smallest absolute Gasteiger partial charge is 0.0546 e. The summed E-state index contributed by atoms with van der Waals surface area (Å²) in [6, 6.07) is 21.9. The minimum Gasteiger partial charge on any atom is -0.149 e. The Hall–Kier alpha value is -1.21. The van der Waals surface area contributed by atoms with Crippen molar-refractivity contribution in [2.24, 2.45) is 0 Å². The summed E-state index contributed by atoms with van der Waals surface area (Å²) in [6.45, 7) is 2.29. The molecule has 142 valence electrons. The van der Waals surface area contributed by atoms with Crippen LogP contribution in [-0.4, -0.2) is 5.75 Å². The zero-order valence-electron chi connectivity index (χ0n) is 16.5. The Morgan fingerprint density at radius 1 is 0.577 bits per heavy atom. The molecule has 0 aliphatic carbocycles. The minimum absolute atomic E-state index is 0.468. The molecule has 0 fully saturated rings. The zero-order valence-corrected chi connectivity index (χ0v) is 17.4. The highest BCUT2D eigenvalue weighted by Gasteiger charge is 2.13.